The van der Waals surface area contributed by atoms with Gasteiger partial charge in [0.05, 0.1) is 0 Å². The van der Waals surface area contributed by atoms with Crippen molar-refractivity contribution in [1.29, 1.82) is 0 Å². The van der Waals surface area contributed by atoms with Gasteiger partial charge in [-0.05, 0) is 25.0 Å². The first-order valence-corrected chi connectivity index (χ1v) is 6.71. The number of carbonyl (C=O) groups excluding carboxylic acids is 1. The van der Waals surface area contributed by atoms with Gasteiger partial charge >= 0.3 is 6.03 Å². The third kappa shape index (κ3) is 4.67. The maximum Gasteiger partial charge on any atom is 0.322 e. The summed E-state index contributed by atoms with van der Waals surface area (Å²) < 4.78 is 5.34. The van der Waals surface area contributed by atoms with Gasteiger partial charge in [-0.25, -0.2) is 4.79 Å². The number of urea groups is 1. The summed E-state index contributed by atoms with van der Waals surface area (Å²) in [6, 6.07) is 9.62. The van der Waals surface area contributed by atoms with Gasteiger partial charge in [0.1, 0.15) is 0 Å². The Balaban J connectivity index is 0.00000200. The monoisotopic (exact) mass is 299 g/mol. The van der Waals surface area contributed by atoms with E-state index in [2.05, 4.69) is 5.32 Å². The molecule has 1 fully saturated rings. The molecule has 2 amide bonds. The van der Waals surface area contributed by atoms with Gasteiger partial charge in [-0.2, -0.15) is 0 Å². The van der Waals surface area contributed by atoms with Gasteiger partial charge in [0, 0.05) is 38.0 Å². The Bertz CT molecular complexity index is 397. The molecule has 0 saturated carbocycles. The van der Waals surface area contributed by atoms with Crippen LogP contribution in [0.15, 0.2) is 30.3 Å². The minimum atomic E-state index is -0.0800. The molecule has 6 heteroatoms. The Kier molecular flexibility index (Phi) is 7.36. The molecule has 1 aliphatic rings. The van der Waals surface area contributed by atoms with Crippen molar-refractivity contribution in [3.63, 3.8) is 0 Å². The van der Waals surface area contributed by atoms with Crippen LogP contribution in [0.4, 0.5) is 10.5 Å². The summed E-state index contributed by atoms with van der Waals surface area (Å²) in [5, 5.41) is 2.91. The molecule has 1 heterocycles. The number of hydrogen-bond acceptors (Lipinski definition) is 3. The van der Waals surface area contributed by atoms with Gasteiger partial charge in [0.25, 0.3) is 0 Å². The van der Waals surface area contributed by atoms with E-state index in [-0.39, 0.29) is 24.5 Å². The number of anilines is 1. The smallest absolute Gasteiger partial charge is 0.322 e. The summed E-state index contributed by atoms with van der Waals surface area (Å²) in [6.45, 7) is 2.47. The number of hydrogen-bond donors (Lipinski definition) is 2. The lowest BCUT2D eigenvalue weighted by Gasteiger charge is -2.34. The number of halogens is 1. The van der Waals surface area contributed by atoms with Crippen LogP contribution < -0.4 is 11.1 Å². The highest BCUT2D eigenvalue weighted by molar-refractivity contribution is 5.89. The molecular weight excluding hydrogens is 278 g/mol. The van der Waals surface area contributed by atoms with E-state index in [9.17, 15) is 4.79 Å². The fourth-order valence-corrected chi connectivity index (χ4v) is 2.30. The Morgan fingerprint density at radius 1 is 1.30 bits per heavy atom. The summed E-state index contributed by atoms with van der Waals surface area (Å²) in [6.07, 6.45) is 1.75. The van der Waals surface area contributed by atoms with Crippen LogP contribution in [-0.2, 0) is 4.74 Å². The van der Waals surface area contributed by atoms with E-state index >= 15 is 0 Å². The number of nitrogens with one attached hydrogen (secondary N) is 1. The zero-order valence-corrected chi connectivity index (χ0v) is 12.3. The van der Waals surface area contributed by atoms with Crippen molar-refractivity contribution in [2.24, 2.45) is 5.73 Å². The van der Waals surface area contributed by atoms with Crippen LogP contribution in [0.1, 0.15) is 12.8 Å². The molecule has 0 aliphatic carbocycles. The van der Waals surface area contributed by atoms with E-state index in [4.69, 9.17) is 10.5 Å². The van der Waals surface area contributed by atoms with Crippen molar-refractivity contribution in [2.45, 2.75) is 18.9 Å². The molecule has 1 aromatic carbocycles. The van der Waals surface area contributed by atoms with Crippen LogP contribution in [0, 0.1) is 0 Å². The molecule has 20 heavy (non-hydrogen) atoms. The molecule has 1 aromatic rings. The van der Waals surface area contributed by atoms with Crippen molar-refractivity contribution in [3.05, 3.63) is 30.3 Å². The highest BCUT2D eigenvalue weighted by Gasteiger charge is 2.25. The Morgan fingerprint density at radius 2 is 1.95 bits per heavy atom. The van der Waals surface area contributed by atoms with E-state index < -0.39 is 0 Å². The number of para-hydroxylation sites is 1. The average molecular weight is 300 g/mol. The summed E-state index contributed by atoms with van der Waals surface area (Å²) in [5.74, 6) is 0. The van der Waals surface area contributed by atoms with Crippen molar-refractivity contribution in [2.75, 3.05) is 31.6 Å². The number of benzene rings is 1. The minimum absolute atomic E-state index is 0. The third-order valence-electron chi connectivity index (χ3n) is 3.29. The summed E-state index contributed by atoms with van der Waals surface area (Å²) in [5.41, 5.74) is 6.42. The quantitative estimate of drug-likeness (QED) is 0.894. The van der Waals surface area contributed by atoms with Crippen LogP contribution in [0.5, 0.6) is 0 Å². The van der Waals surface area contributed by atoms with E-state index in [1.807, 2.05) is 35.2 Å². The first-order valence-electron chi connectivity index (χ1n) is 6.71. The predicted molar refractivity (Wildman–Crippen MR) is 82.3 cm³/mol. The molecule has 1 aliphatic heterocycles. The second-order valence-electron chi connectivity index (χ2n) is 4.62. The van der Waals surface area contributed by atoms with Gasteiger partial charge in [-0.3, -0.25) is 0 Å². The van der Waals surface area contributed by atoms with Crippen LogP contribution in [0.2, 0.25) is 0 Å². The molecular formula is C14H22ClN3O2. The highest BCUT2D eigenvalue weighted by Crippen LogP contribution is 2.16. The zero-order chi connectivity index (χ0) is 13.5. The highest BCUT2D eigenvalue weighted by atomic mass is 35.5. The lowest BCUT2D eigenvalue weighted by Crippen LogP contribution is -2.47. The van der Waals surface area contributed by atoms with Gasteiger partial charge in [-0.15, -0.1) is 12.4 Å². The first-order chi connectivity index (χ1) is 9.31. The molecule has 1 saturated heterocycles. The molecule has 0 spiro atoms. The van der Waals surface area contributed by atoms with E-state index in [1.54, 1.807) is 0 Å². The number of rotatable bonds is 4. The summed E-state index contributed by atoms with van der Waals surface area (Å²) in [4.78, 5) is 14.1. The summed E-state index contributed by atoms with van der Waals surface area (Å²) in [7, 11) is 0. The molecule has 0 aromatic heterocycles. The van der Waals surface area contributed by atoms with Crippen LogP contribution in [0.25, 0.3) is 0 Å². The second kappa shape index (κ2) is 8.79. The normalized spacial score (nSPS) is 15.2. The number of nitrogens with zero attached hydrogens (tertiary/aromatic N) is 1. The van der Waals surface area contributed by atoms with Gasteiger partial charge in [-0.1, -0.05) is 18.2 Å². The van der Waals surface area contributed by atoms with Crippen molar-refractivity contribution < 1.29 is 9.53 Å². The third-order valence-corrected chi connectivity index (χ3v) is 3.29. The SMILES string of the molecule is Cl.NCCN(C(=O)Nc1ccccc1)C1CCOCC1. The zero-order valence-electron chi connectivity index (χ0n) is 11.5. The molecule has 0 bridgehead atoms. The molecule has 5 nitrogen and oxygen atoms in total. The lowest BCUT2D eigenvalue weighted by atomic mass is 10.1. The maximum atomic E-state index is 12.3. The van der Waals surface area contributed by atoms with E-state index in [1.165, 1.54) is 0 Å². The maximum absolute atomic E-state index is 12.3. The van der Waals surface area contributed by atoms with Crippen LogP contribution >= 0.6 is 12.4 Å². The molecule has 2 rings (SSSR count). The van der Waals surface area contributed by atoms with Crippen molar-refractivity contribution >= 4 is 24.1 Å². The molecule has 0 atom stereocenters. The Hall–Kier alpha value is -1.30. The fourth-order valence-electron chi connectivity index (χ4n) is 2.30. The first kappa shape index (κ1) is 16.8. The van der Waals surface area contributed by atoms with Gasteiger partial charge in [0.15, 0.2) is 0 Å². The second-order valence-corrected chi connectivity index (χ2v) is 4.62. The minimum Gasteiger partial charge on any atom is -0.381 e. The largest absolute Gasteiger partial charge is 0.381 e. The van der Waals surface area contributed by atoms with E-state index in [0.29, 0.717) is 26.3 Å². The lowest BCUT2D eigenvalue weighted by molar-refractivity contribution is 0.0488. The molecule has 0 radical (unpaired) electrons. The summed E-state index contributed by atoms with van der Waals surface area (Å²) >= 11 is 0. The Labute approximate surface area is 125 Å². The van der Waals surface area contributed by atoms with Crippen LogP contribution in [-0.4, -0.2) is 43.3 Å². The number of amides is 2. The van der Waals surface area contributed by atoms with Crippen molar-refractivity contribution in [3.8, 4) is 0 Å². The average Bonchev–Trinajstić information content (AvgIpc) is 2.46. The van der Waals surface area contributed by atoms with Crippen molar-refractivity contribution in [1.82, 2.24) is 4.90 Å². The number of nitrogens with two attached hydrogens (primary N) is 1. The van der Waals surface area contributed by atoms with Gasteiger partial charge in [0.2, 0.25) is 0 Å². The molecule has 0 unspecified atom stereocenters. The topological polar surface area (TPSA) is 67.6 Å². The number of carbonyl (C=O) groups is 1. The standard InChI is InChI=1S/C14H21N3O2.ClH/c15-8-9-17(13-6-10-19-11-7-13)14(18)16-12-4-2-1-3-5-12;/h1-5,13H,6-11,15H2,(H,16,18);1H. The van der Waals surface area contributed by atoms with Crippen LogP contribution in [0.3, 0.4) is 0 Å². The fraction of sp³-hybridized carbons (Fsp3) is 0.500. The predicted octanol–water partition coefficient (Wildman–Crippen LogP) is 2.08. The molecule has 112 valence electrons. The Morgan fingerprint density at radius 3 is 2.55 bits per heavy atom. The van der Waals surface area contributed by atoms with E-state index in [0.717, 1.165) is 18.5 Å². The number of ether oxygens (including phenoxy) is 1. The van der Waals surface area contributed by atoms with Gasteiger partial charge < -0.3 is 20.7 Å². The molecule has 3 N–H and O–H groups in total.